The molecule has 3 heteroatoms. The summed E-state index contributed by atoms with van der Waals surface area (Å²) in [7, 11) is 0. The first-order valence-electron chi connectivity index (χ1n) is 8.82. The molecule has 1 aliphatic carbocycles. The second-order valence-corrected chi connectivity index (χ2v) is 5.88. The number of allylic oxidation sites excluding steroid dienone is 1. The van der Waals surface area contributed by atoms with Crippen LogP contribution in [0.2, 0.25) is 0 Å². The molecule has 3 nitrogen and oxygen atoms in total. The summed E-state index contributed by atoms with van der Waals surface area (Å²) < 4.78 is 0. The van der Waals surface area contributed by atoms with Gasteiger partial charge < -0.3 is 4.90 Å². The summed E-state index contributed by atoms with van der Waals surface area (Å²) in [6.07, 6.45) is 8.72. The van der Waals surface area contributed by atoms with Crippen molar-refractivity contribution in [2.24, 2.45) is 4.99 Å². The van der Waals surface area contributed by atoms with E-state index in [9.17, 15) is 0 Å². The van der Waals surface area contributed by atoms with Gasteiger partial charge in [-0.2, -0.15) is 0 Å². The molecule has 0 amide bonds. The fourth-order valence-electron chi connectivity index (χ4n) is 3.26. The minimum atomic E-state index is 0.0495. The molecule has 1 aromatic heterocycles. The summed E-state index contributed by atoms with van der Waals surface area (Å²) in [4.78, 5) is 11.9. The number of hydrogen-bond donors (Lipinski definition) is 0. The molecular formula is C21H25N3. The minimum Gasteiger partial charge on any atom is -0.333 e. The van der Waals surface area contributed by atoms with E-state index < -0.39 is 0 Å². The zero-order valence-corrected chi connectivity index (χ0v) is 14.7. The Morgan fingerprint density at radius 2 is 1.83 bits per heavy atom. The Balaban J connectivity index is 0.000000815. The highest BCUT2D eigenvalue weighted by atomic mass is 15.3. The van der Waals surface area contributed by atoms with Crippen LogP contribution in [0.4, 0.5) is 5.69 Å². The minimum absolute atomic E-state index is 0.0495. The van der Waals surface area contributed by atoms with Crippen LogP contribution in [-0.4, -0.2) is 16.7 Å². The number of anilines is 1. The Bertz CT molecular complexity index is 717. The van der Waals surface area contributed by atoms with E-state index in [1.54, 1.807) is 0 Å². The molecule has 0 radical (unpaired) electrons. The van der Waals surface area contributed by atoms with E-state index in [4.69, 9.17) is 4.99 Å². The summed E-state index contributed by atoms with van der Waals surface area (Å²) in [5.74, 6) is 0. The average Bonchev–Trinajstić information content (AvgIpc) is 3.04. The Hall–Kier alpha value is -2.42. The zero-order chi connectivity index (χ0) is 16.9. The van der Waals surface area contributed by atoms with Gasteiger partial charge in [0.25, 0.3) is 0 Å². The van der Waals surface area contributed by atoms with Gasteiger partial charge in [-0.05, 0) is 37.5 Å². The van der Waals surface area contributed by atoms with Crippen molar-refractivity contribution in [2.75, 3.05) is 4.90 Å². The molecule has 0 fully saturated rings. The highest BCUT2D eigenvalue weighted by Crippen LogP contribution is 2.38. The molecule has 0 bridgehead atoms. The van der Waals surface area contributed by atoms with Gasteiger partial charge in [-0.1, -0.05) is 56.3 Å². The SMILES string of the molecule is CC.Cc1ccc(N2C3C=CCCC3=NC2c2ccccc2)cn1. The molecule has 2 heterocycles. The molecule has 4 rings (SSSR count). The van der Waals surface area contributed by atoms with Gasteiger partial charge in [0.2, 0.25) is 0 Å². The molecular weight excluding hydrogens is 294 g/mol. The smallest absolute Gasteiger partial charge is 0.147 e. The lowest BCUT2D eigenvalue weighted by Gasteiger charge is -2.31. The lowest BCUT2D eigenvalue weighted by Crippen LogP contribution is -2.36. The van der Waals surface area contributed by atoms with Crippen LogP contribution in [0.25, 0.3) is 0 Å². The molecule has 2 aliphatic rings. The number of rotatable bonds is 2. The fraction of sp³-hybridized carbons (Fsp3) is 0.333. The van der Waals surface area contributed by atoms with E-state index in [1.165, 1.54) is 11.3 Å². The van der Waals surface area contributed by atoms with Gasteiger partial charge in [0.1, 0.15) is 6.17 Å². The number of fused-ring (bicyclic) bond motifs is 1. The third-order valence-electron chi connectivity index (χ3n) is 4.37. The molecule has 1 aromatic carbocycles. The van der Waals surface area contributed by atoms with Crippen molar-refractivity contribution in [3.8, 4) is 0 Å². The van der Waals surface area contributed by atoms with Crippen molar-refractivity contribution in [1.82, 2.24) is 4.98 Å². The number of aliphatic imine (C=N–C) groups is 1. The topological polar surface area (TPSA) is 28.5 Å². The Morgan fingerprint density at radius 1 is 1.04 bits per heavy atom. The number of aromatic nitrogens is 1. The number of pyridine rings is 1. The second-order valence-electron chi connectivity index (χ2n) is 5.88. The molecule has 0 saturated heterocycles. The van der Waals surface area contributed by atoms with Crippen molar-refractivity contribution in [3.63, 3.8) is 0 Å². The molecule has 0 spiro atoms. The first kappa shape index (κ1) is 16.4. The fourth-order valence-corrected chi connectivity index (χ4v) is 3.26. The maximum atomic E-state index is 5.02. The predicted molar refractivity (Wildman–Crippen MR) is 102 cm³/mol. The van der Waals surface area contributed by atoms with Crippen molar-refractivity contribution in [3.05, 3.63) is 72.1 Å². The van der Waals surface area contributed by atoms with Crippen LogP contribution in [0.3, 0.4) is 0 Å². The monoisotopic (exact) mass is 319 g/mol. The number of aryl methyl sites for hydroxylation is 1. The molecule has 0 N–H and O–H groups in total. The van der Waals surface area contributed by atoms with Gasteiger partial charge in [-0.25, -0.2) is 0 Å². The van der Waals surface area contributed by atoms with Crippen molar-refractivity contribution < 1.29 is 0 Å². The van der Waals surface area contributed by atoms with Gasteiger partial charge in [0.05, 0.1) is 17.9 Å². The third-order valence-corrected chi connectivity index (χ3v) is 4.37. The van der Waals surface area contributed by atoms with Gasteiger partial charge >= 0.3 is 0 Å². The van der Waals surface area contributed by atoms with E-state index in [0.29, 0.717) is 0 Å². The standard InChI is InChI=1S/C19H19N3.C2H6/c1-14-11-12-16(13-20-14)22-18-10-6-5-9-17(18)21-19(22)15-7-3-2-4-8-15;1-2/h2-4,6-8,10-13,18-19H,5,9H2,1H3;1-2H3. The first-order chi connectivity index (χ1) is 11.8. The largest absolute Gasteiger partial charge is 0.333 e. The average molecular weight is 319 g/mol. The Labute approximate surface area is 144 Å². The van der Waals surface area contributed by atoms with Crippen LogP contribution in [0.1, 0.15) is 44.1 Å². The number of nitrogens with zero attached hydrogens (tertiary/aromatic N) is 3. The van der Waals surface area contributed by atoms with Crippen LogP contribution in [-0.2, 0) is 0 Å². The maximum absolute atomic E-state index is 5.02. The highest BCUT2D eigenvalue weighted by molar-refractivity contribution is 5.97. The van der Waals surface area contributed by atoms with Crippen LogP contribution in [0, 0.1) is 6.92 Å². The molecule has 2 unspecified atom stereocenters. The number of benzene rings is 1. The van der Waals surface area contributed by atoms with Crippen molar-refractivity contribution in [2.45, 2.75) is 45.8 Å². The first-order valence-corrected chi connectivity index (χ1v) is 8.82. The second kappa shape index (κ2) is 7.43. The van der Waals surface area contributed by atoms with Gasteiger partial charge in [0, 0.05) is 11.4 Å². The normalized spacial score (nSPS) is 21.6. The van der Waals surface area contributed by atoms with E-state index in [1.807, 2.05) is 27.0 Å². The van der Waals surface area contributed by atoms with Crippen LogP contribution < -0.4 is 4.90 Å². The van der Waals surface area contributed by atoms with Gasteiger partial charge in [0.15, 0.2) is 0 Å². The van der Waals surface area contributed by atoms with E-state index >= 15 is 0 Å². The molecule has 124 valence electrons. The summed E-state index contributed by atoms with van der Waals surface area (Å²) in [6, 6.07) is 15.0. The molecule has 0 saturated carbocycles. The van der Waals surface area contributed by atoms with Crippen LogP contribution in [0.5, 0.6) is 0 Å². The van der Waals surface area contributed by atoms with Gasteiger partial charge in [-0.15, -0.1) is 0 Å². The van der Waals surface area contributed by atoms with Crippen LogP contribution in [0.15, 0.2) is 65.8 Å². The van der Waals surface area contributed by atoms with Crippen molar-refractivity contribution in [1.29, 1.82) is 0 Å². The highest BCUT2D eigenvalue weighted by Gasteiger charge is 2.36. The molecule has 2 atom stereocenters. The summed E-state index contributed by atoms with van der Waals surface area (Å²) in [5, 5.41) is 0. The zero-order valence-electron chi connectivity index (χ0n) is 14.7. The Kier molecular flexibility index (Phi) is 5.09. The molecule has 1 aliphatic heterocycles. The summed E-state index contributed by atoms with van der Waals surface area (Å²) in [6.45, 7) is 6.02. The summed E-state index contributed by atoms with van der Waals surface area (Å²) >= 11 is 0. The van der Waals surface area contributed by atoms with Gasteiger partial charge in [-0.3, -0.25) is 9.98 Å². The predicted octanol–water partition coefficient (Wildman–Crippen LogP) is 5.09. The maximum Gasteiger partial charge on any atom is 0.147 e. The van der Waals surface area contributed by atoms with Crippen LogP contribution >= 0.6 is 0 Å². The number of hydrogen-bond acceptors (Lipinski definition) is 3. The van der Waals surface area contributed by atoms with Crippen molar-refractivity contribution >= 4 is 11.4 Å². The van der Waals surface area contributed by atoms with E-state index in [0.717, 1.165) is 24.2 Å². The lowest BCUT2D eigenvalue weighted by molar-refractivity contribution is 0.692. The summed E-state index contributed by atoms with van der Waals surface area (Å²) in [5.41, 5.74) is 4.70. The lowest BCUT2D eigenvalue weighted by atomic mass is 9.99. The van der Waals surface area contributed by atoms with E-state index in [-0.39, 0.29) is 12.2 Å². The molecule has 24 heavy (non-hydrogen) atoms. The quantitative estimate of drug-likeness (QED) is 0.721. The third kappa shape index (κ3) is 3.12. The van der Waals surface area contributed by atoms with E-state index in [2.05, 4.69) is 64.5 Å². The molecule has 2 aromatic rings. The Morgan fingerprint density at radius 3 is 2.54 bits per heavy atom.